The van der Waals surface area contributed by atoms with Gasteiger partial charge in [0.25, 0.3) is 0 Å². The van der Waals surface area contributed by atoms with Crippen molar-refractivity contribution in [3.63, 3.8) is 0 Å². The van der Waals surface area contributed by atoms with Crippen LogP contribution in [0.4, 0.5) is 9.59 Å². The van der Waals surface area contributed by atoms with E-state index in [1.165, 1.54) is 0 Å². The summed E-state index contributed by atoms with van der Waals surface area (Å²) in [6, 6.07) is 8.43. The van der Waals surface area contributed by atoms with Crippen molar-refractivity contribution in [2.75, 3.05) is 13.2 Å². The lowest BCUT2D eigenvalue weighted by Gasteiger charge is -2.18. The number of carboxylic acid groups (broad SMARTS) is 1. The molecule has 2 atom stereocenters. The Bertz CT molecular complexity index is 493. The van der Waals surface area contributed by atoms with Crippen molar-refractivity contribution in [3.05, 3.63) is 35.9 Å². The first-order chi connectivity index (χ1) is 10.1. The first kappa shape index (κ1) is 15.1. The Morgan fingerprint density at radius 2 is 2.05 bits per heavy atom. The van der Waals surface area contributed by atoms with Gasteiger partial charge in [-0.1, -0.05) is 30.3 Å². The number of aliphatic hydroxyl groups excluding tert-OH is 1. The molecule has 0 aliphatic carbocycles. The van der Waals surface area contributed by atoms with Gasteiger partial charge in [-0.3, -0.25) is 0 Å². The topological polar surface area (TPSA) is 99.1 Å². The van der Waals surface area contributed by atoms with Crippen molar-refractivity contribution < 1.29 is 24.5 Å². The predicted octanol–water partition coefficient (Wildman–Crippen LogP) is 1.03. The molecule has 0 saturated carbocycles. The number of benzene rings is 1. The van der Waals surface area contributed by atoms with Gasteiger partial charge in [0.15, 0.2) is 0 Å². The van der Waals surface area contributed by atoms with Crippen LogP contribution in [0, 0.1) is 0 Å². The van der Waals surface area contributed by atoms with Crippen molar-refractivity contribution in [1.29, 1.82) is 0 Å². The van der Waals surface area contributed by atoms with Gasteiger partial charge in [-0.2, -0.15) is 0 Å². The summed E-state index contributed by atoms with van der Waals surface area (Å²) in [5.74, 6) is 0. The maximum Gasteiger partial charge on any atom is 0.407 e. The van der Waals surface area contributed by atoms with Gasteiger partial charge in [0.05, 0.1) is 18.7 Å². The lowest BCUT2D eigenvalue weighted by molar-refractivity contribution is 0.117. The maximum absolute atomic E-state index is 11.7. The van der Waals surface area contributed by atoms with Crippen LogP contribution in [-0.2, 0) is 11.3 Å². The van der Waals surface area contributed by atoms with Crippen LogP contribution in [0.15, 0.2) is 30.3 Å². The largest absolute Gasteiger partial charge is 0.465 e. The van der Waals surface area contributed by atoms with Crippen LogP contribution in [0.2, 0.25) is 0 Å². The maximum atomic E-state index is 11.7. The number of hydrogen-bond donors (Lipinski definition) is 3. The molecule has 1 aliphatic heterocycles. The van der Waals surface area contributed by atoms with Crippen LogP contribution in [0.25, 0.3) is 0 Å². The van der Waals surface area contributed by atoms with Crippen LogP contribution in [0.5, 0.6) is 0 Å². The minimum absolute atomic E-state index is 0.154. The van der Waals surface area contributed by atoms with Crippen molar-refractivity contribution in [2.45, 2.75) is 25.1 Å². The molecule has 2 unspecified atom stereocenters. The molecule has 7 nitrogen and oxygen atoms in total. The third-order valence-corrected chi connectivity index (χ3v) is 3.41. The number of aliphatic hydroxyl groups is 1. The zero-order valence-corrected chi connectivity index (χ0v) is 11.4. The fourth-order valence-electron chi connectivity index (χ4n) is 2.36. The Balaban J connectivity index is 1.79. The van der Waals surface area contributed by atoms with Crippen molar-refractivity contribution in [2.24, 2.45) is 0 Å². The Kier molecular flexibility index (Phi) is 4.99. The molecule has 2 amide bonds. The summed E-state index contributed by atoms with van der Waals surface area (Å²) < 4.78 is 5.08. The summed E-state index contributed by atoms with van der Waals surface area (Å²) >= 11 is 0. The van der Waals surface area contributed by atoms with E-state index in [0.29, 0.717) is 6.42 Å². The van der Waals surface area contributed by atoms with Gasteiger partial charge in [0, 0.05) is 6.54 Å². The lowest BCUT2D eigenvalue weighted by Crippen LogP contribution is -2.39. The third-order valence-electron chi connectivity index (χ3n) is 3.41. The molecule has 2 rings (SSSR count). The van der Waals surface area contributed by atoms with Crippen molar-refractivity contribution in [1.82, 2.24) is 10.2 Å². The number of amides is 2. The molecule has 114 valence electrons. The quantitative estimate of drug-likeness (QED) is 0.770. The van der Waals surface area contributed by atoms with E-state index in [2.05, 4.69) is 5.32 Å². The summed E-state index contributed by atoms with van der Waals surface area (Å²) in [4.78, 5) is 23.8. The molecule has 0 bridgehead atoms. The minimum Gasteiger partial charge on any atom is -0.465 e. The molecule has 21 heavy (non-hydrogen) atoms. The standard InChI is InChI=1S/C14H18N2O5/c17-8-12-6-11(7-16(12)14(19)20)15-13(18)21-9-10-4-2-1-3-5-10/h1-5,11-12,17H,6-9H2,(H,15,18)(H,19,20). The number of carbonyl (C=O) groups excluding carboxylic acids is 1. The van der Waals surface area contributed by atoms with Gasteiger partial charge >= 0.3 is 12.2 Å². The highest BCUT2D eigenvalue weighted by molar-refractivity contribution is 5.69. The van der Waals surface area contributed by atoms with Crippen LogP contribution >= 0.6 is 0 Å². The Hall–Kier alpha value is -2.28. The van der Waals surface area contributed by atoms with Crippen LogP contribution < -0.4 is 5.32 Å². The SMILES string of the molecule is O=C(NC1CC(CO)N(C(=O)O)C1)OCc1ccccc1. The molecule has 1 fully saturated rings. The van der Waals surface area contributed by atoms with Crippen molar-refractivity contribution in [3.8, 4) is 0 Å². The van der Waals surface area contributed by atoms with Crippen molar-refractivity contribution >= 4 is 12.2 Å². The van der Waals surface area contributed by atoms with Crippen LogP contribution in [0.1, 0.15) is 12.0 Å². The van der Waals surface area contributed by atoms with E-state index in [4.69, 9.17) is 14.9 Å². The number of likely N-dealkylation sites (tertiary alicyclic amines) is 1. The van der Waals surface area contributed by atoms with Gasteiger partial charge in [0.2, 0.25) is 0 Å². The molecule has 1 heterocycles. The highest BCUT2D eigenvalue weighted by Crippen LogP contribution is 2.17. The molecule has 1 aliphatic rings. The van der Waals surface area contributed by atoms with E-state index in [1.54, 1.807) is 0 Å². The second-order valence-corrected chi connectivity index (χ2v) is 4.91. The molecule has 1 aromatic carbocycles. The minimum atomic E-state index is -1.10. The summed E-state index contributed by atoms with van der Waals surface area (Å²) in [6.07, 6.45) is -1.31. The molecule has 0 aromatic heterocycles. The first-order valence-corrected chi connectivity index (χ1v) is 6.67. The fraction of sp³-hybridized carbons (Fsp3) is 0.429. The van der Waals surface area contributed by atoms with Crippen LogP contribution in [0.3, 0.4) is 0 Å². The Morgan fingerprint density at radius 3 is 2.62 bits per heavy atom. The summed E-state index contributed by atoms with van der Waals surface area (Å²) in [5.41, 5.74) is 0.875. The smallest absolute Gasteiger partial charge is 0.407 e. The Labute approximate surface area is 122 Å². The second kappa shape index (κ2) is 6.94. The van der Waals surface area contributed by atoms with Gasteiger partial charge in [-0.05, 0) is 12.0 Å². The number of nitrogens with one attached hydrogen (secondary N) is 1. The normalized spacial score (nSPS) is 21.1. The molecule has 1 saturated heterocycles. The summed E-state index contributed by atoms with van der Waals surface area (Å²) in [6.45, 7) is 0.0516. The van der Waals surface area contributed by atoms with E-state index < -0.39 is 18.2 Å². The molecular formula is C14H18N2O5. The summed E-state index contributed by atoms with van der Waals surface area (Å²) in [5, 5.41) is 20.8. The number of nitrogens with zero attached hydrogens (tertiary/aromatic N) is 1. The molecule has 0 radical (unpaired) electrons. The molecule has 7 heteroatoms. The van der Waals surface area contributed by atoms with E-state index in [1.807, 2.05) is 30.3 Å². The number of alkyl carbamates (subject to hydrolysis) is 1. The van der Waals surface area contributed by atoms with Gasteiger partial charge in [-0.25, -0.2) is 9.59 Å². The lowest BCUT2D eigenvalue weighted by atomic mass is 10.2. The highest BCUT2D eigenvalue weighted by atomic mass is 16.5. The zero-order chi connectivity index (χ0) is 15.2. The third kappa shape index (κ3) is 4.09. The highest BCUT2D eigenvalue weighted by Gasteiger charge is 2.35. The molecule has 0 spiro atoms. The average Bonchev–Trinajstić information content (AvgIpc) is 2.89. The van der Waals surface area contributed by atoms with Gasteiger partial charge < -0.3 is 25.2 Å². The molecule has 1 aromatic rings. The second-order valence-electron chi connectivity index (χ2n) is 4.91. The molecule has 3 N–H and O–H groups in total. The van der Waals surface area contributed by atoms with E-state index in [-0.39, 0.29) is 25.8 Å². The Morgan fingerprint density at radius 1 is 1.33 bits per heavy atom. The first-order valence-electron chi connectivity index (χ1n) is 6.67. The predicted molar refractivity (Wildman–Crippen MR) is 73.8 cm³/mol. The number of carbonyl (C=O) groups is 2. The van der Waals surface area contributed by atoms with E-state index in [9.17, 15) is 9.59 Å². The number of rotatable bonds is 4. The monoisotopic (exact) mass is 294 g/mol. The number of ether oxygens (including phenoxy) is 1. The molecular weight excluding hydrogens is 276 g/mol. The fourth-order valence-corrected chi connectivity index (χ4v) is 2.36. The van der Waals surface area contributed by atoms with Gasteiger partial charge in [-0.15, -0.1) is 0 Å². The van der Waals surface area contributed by atoms with Gasteiger partial charge in [0.1, 0.15) is 6.61 Å². The number of hydrogen-bond acceptors (Lipinski definition) is 4. The average molecular weight is 294 g/mol. The summed E-state index contributed by atoms with van der Waals surface area (Å²) in [7, 11) is 0. The van der Waals surface area contributed by atoms with E-state index in [0.717, 1.165) is 10.5 Å². The van der Waals surface area contributed by atoms with Crippen LogP contribution in [-0.4, -0.2) is 52.5 Å². The van der Waals surface area contributed by atoms with E-state index >= 15 is 0 Å². The zero-order valence-electron chi connectivity index (χ0n) is 11.4.